The summed E-state index contributed by atoms with van der Waals surface area (Å²) in [5, 5.41) is 10.2. The lowest BCUT2D eigenvalue weighted by atomic mass is 9.78. The molecule has 0 aromatic carbocycles. The maximum Gasteiger partial charge on any atom is 0.490 e. The molecule has 1 aliphatic carbocycles. The van der Waals surface area contributed by atoms with Crippen LogP contribution in [0.25, 0.3) is 0 Å². The smallest absolute Gasteiger partial charge is 0.481 e. The van der Waals surface area contributed by atoms with Crippen LogP contribution in [0.15, 0.2) is 12.4 Å². The monoisotopic (exact) mass is 446 g/mol. The fraction of sp³-hybridized carbons (Fsp3) is 0.684. The van der Waals surface area contributed by atoms with Crippen molar-refractivity contribution in [3.05, 3.63) is 12.4 Å². The average molecular weight is 446 g/mol. The summed E-state index contributed by atoms with van der Waals surface area (Å²) in [6, 6.07) is 1.85. The molecule has 1 amide bonds. The van der Waals surface area contributed by atoms with Gasteiger partial charge in [0.25, 0.3) is 0 Å². The number of aliphatic carboxylic acids is 1. The van der Waals surface area contributed by atoms with Crippen molar-refractivity contribution >= 4 is 17.7 Å². The second-order valence-corrected chi connectivity index (χ2v) is 8.10. The number of nitrogens with zero attached hydrogens (tertiary/aromatic N) is 3. The zero-order valence-corrected chi connectivity index (χ0v) is 17.0. The summed E-state index contributed by atoms with van der Waals surface area (Å²) in [7, 11) is 1.60. The Morgan fingerprint density at radius 2 is 2.10 bits per heavy atom. The van der Waals surface area contributed by atoms with Crippen LogP contribution in [0.3, 0.4) is 0 Å². The van der Waals surface area contributed by atoms with Gasteiger partial charge >= 0.3 is 12.1 Å². The lowest BCUT2D eigenvalue weighted by Gasteiger charge is -2.26. The Balaban J connectivity index is 0.000000339. The minimum absolute atomic E-state index is 0.105. The van der Waals surface area contributed by atoms with Crippen molar-refractivity contribution in [3.63, 3.8) is 0 Å². The van der Waals surface area contributed by atoms with Crippen LogP contribution in [-0.2, 0) is 14.3 Å². The second-order valence-electron chi connectivity index (χ2n) is 8.10. The van der Waals surface area contributed by atoms with E-state index in [1.54, 1.807) is 7.11 Å². The number of methoxy groups -OCH3 is 1. The van der Waals surface area contributed by atoms with E-state index in [1.807, 2.05) is 6.07 Å². The predicted molar refractivity (Wildman–Crippen MR) is 102 cm³/mol. The van der Waals surface area contributed by atoms with Gasteiger partial charge in [-0.15, -0.1) is 0 Å². The van der Waals surface area contributed by atoms with Gasteiger partial charge in [-0.1, -0.05) is 0 Å². The molecule has 2 atom stereocenters. The Morgan fingerprint density at radius 1 is 1.39 bits per heavy atom. The molecule has 1 aromatic heterocycles. The van der Waals surface area contributed by atoms with Crippen LogP contribution < -0.4 is 15.0 Å². The molecule has 3 heterocycles. The molecule has 31 heavy (non-hydrogen) atoms. The number of aromatic nitrogens is 2. The van der Waals surface area contributed by atoms with Crippen molar-refractivity contribution in [2.45, 2.75) is 25.4 Å². The molecule has 0 radical (unpaired) electrons. The molecular formula is C19H25F3N4O5. The Bertz CT molecular complexity index is 805. The Kier molecular flexibility index (Phi) is 6.87. The third kappa shape index (κ3) is 5.96. The van der Waals surface area contributed by atoms with Crippen molar-refractivity contribution in [3.8, 4) is 5.88 Å². The first-order valence-corrected chi connectivity index (χ1v) is 9.88. The van der Waals surface area contributed by atoms with E-state index >= 15 is 0 Å². The average Bonchev–Trinajstić information content (AvgIpc) is 3.37. The number of ether oxygens (including phenoxy) is 2. The maximum atomic E-state index is 12.4. The van der Waals surface area contributed by atoms with E-state index < -0.39 is 12.1 Å². The van der Waals surface area contributed by atoms with Crippen LogP contribution in [0.1, 0.15) is 19.3 Å². The highest BCUT2D eigenvalue weighted by atomic mass is 19.4. The molecule has 4 rings (SSSR count). The summed E-state index contributed by atoms with van der Waals surface area (Å²) in [6.45, 7) is 3.83. The summed E-state index contributed by atoms with van der Waals surface area (Å²) in [4.78, 5) is 31.9. The fourth-order valence-electron chi connectivity index (χ4n) is 3.83. The number of carboxylic acids is 1. The number of carboxylic acid groups (broad SMARTS) is 1. The number of amides is 1. The highest BCUT2D eigenvalue weighted by Gasteiger charge is 2.52. The standard InChI is InChI=1S/C17H24N4O3.C2HF3O2/c1-23-16-4-14(19-11-20-16)21-7-13-8-24-10-17(13,9-21)5-15(22)18-6-12-2-3-12;3-2(4,5)1(6)7/h4,11-13H,2-3,5-10H2,1H3,(H,18,22);(H,6,7)/t13-,17+;/m1./s1. The number of anilines is 1. The van der Waals surface area contributed by atoms with E-state index in [2.05, 4.69) is 20.2 Å². The van der Waals surface area contributed by atoms with Crippen molar-refractivity contribution in [2.75, 3.05) is 44.9 Å². The molecule has 9 nitrogen and oxygen atoms in total. The lowest BCUT2D eigenvalue weighted by molar-refractivity contribution is -0.192. The number of hydrogen-bond acceptors (Lipinski definition) is 7. The molecule has 2 aliphatic heterocycles. The number of hydrogen-bond donors (Lipinski definition) is 2. The normalized spacial score (nSPS) is 24.8. The third-order valence-electron chi connectivity index (χ3n) is 5.72. The number of fused-ring (bicyclic) bond motifs is 1. The van der Waals surface area contributed by atoms with Crippen LogP contribution in [0.5, 0.6) is 5.88 Å². The first-order valence-electron chi connectivity index (χ1n) is 9.88. The molecule has 0 unspecified atom stereocenters. The fourth-order valence-corrected chi connectivity index (χ4v) is 3.83. The van der Waals surface area contributed by atoms with Gasteiger partial charge in [-0.25, -0.2) is 14.8 Å². The first-order chi connectivity index (χ1) is 14.6. The molecule has 1 aromatic rings. The third-order valence-corrected chi connectivity index (χ3v) is 5.72. The molecule has 3 fully saturated rings. The van der Waals surface area contributed by atoms with E-state index in [0.717, 1.165) is 25.5 Å². The highest BCUT2D eigenvalue weighted by Crippen LogP contribution is 2.45. The van der Waals surface area contributed by atoms with Crippen molar-refractivity contribution in [2.24, 2.45) is 17.3 Å². The lowest BCUT2D eigenvalue weighted by Crippen LogP contribution is -2.38. The van der Waals surface area contributed by atoms with E-state index in [0.29, 0.717) is 37.4 Å². The van der Waals surface area contributed by atoms with E-state index in [-0.39, 0.29) is 11.3 Å². The van der Waals surface area contributed by atoms with E-state index in [4.69, 9.17) is 19.4 Å². The number of rotatable bonds is 6. The van der Waals surface area contributed by atoms with Crippen LogP contribution in [0, 0.1) is 17.3 Å². The van der Waals surface area contributed by atoms with Gasteiger partial charge in [0.2, 0.25) is 11.8 Å². The summed E-state index contributed by atoms with van der Waals surface area (Å²) in [6.07, 6.45) is -0.530. The van der Waals surface area contributed by atoms with Crippen LogP contribution >= 0.6 is 0 Å². The van der Waals surface area contributed by atoms with Crippen molar-refractivity contribution in [1.82, 2.24) is 15.3 Å². The minimum atomic E-state index is -5.08. The van der Waals surface area contributed by atoms with Gasteiger partial charge in [0.05, 0.1) is 20.3 Å². The van der Waals surface area contributed by atoms with Gasteiger partial charge in [-0.3, -0.25) is 4.79 Å². The Labute approximate surface area is 176 Å². The molecule has 3 aliphatic rings. The number of carbonyl (C=O) groups is 2. The molecular weight excluding hydrogens is 421 g/mol. The summed E-state index contributed by atoms with van der Waals surface area (Å²) < 4.78 is 42.6. The Hall–Kier alpha value is -2.63. The summed E-state index contributed by atoms with van der Waals surface area (Å²) >= 11 is 0. The van der Waals surface area contributed by atoms with Gasteiger partial charge in [-0.05, 0) is 18.8 Å². The zero-order valence-electron chi connectivity index (χ0n) is 17.0. The van der Waals surface area contributed by atoms with Gasteiger partial charge in [0, 0.05) is 43.5 Å². The number of nitrogens with one attached hydrogen (secondary N) is 1. The summed E-state index contributed by atoms with van der Waals surface area (Å²) in [5.41, 5.74) is -0.105. The first kappa shape index (κ1) is 23.0. The predicted octanol–water partition coefficient (Wildman–Crippen LogP) is 1.49. The molecule has 2 N–H and O–H groups in total. The highest BCUT2D eigenvalue weighted by molar-refractivity contribution is 5.77. The van der Waals surface area contributed by atoms with Crippen LogP contribution in [0.4, 0.5) is 19.0 Å². The van der Waals surface area contributed by atoms with Crippen molar-refractivity contribution < 1.29 is 37.3 Å². The zero-order chi connectivity index (χ0) is 22.6. The molecule has 0 spiro atoms. The SMILES string of the molecule is COc1cc(N2C[C@@H]3COC[C@]3(CC(=O)NCC3CC3)C2)ncn1.O=C(O)C(F)(F)F. The molecule has 12 heteroatoms. The quantitative estimate of drug-likeness (QED) is 0.676. The van der Waals surface area contributed by atoms with Crippen LogP contribution in [-0.4, -0.2) is 73.1 Å². The second kappa shape index (κ2) is 9.25. The van der Waals surface area contributed by atoms with Gasteiger partial charge < -0.3 is 24.8 Å². The Morgan fingerprint density at radius 3 is 2.71 bits per heavy atom. The molecule has 2 saturated heterocycles. The van der Waals surface area contributed by atoms with Gasteiger partial charge in [0.15, 0.2) is 0 Å². The number of alkyl halides is 3. The molecule has 0 bridgehead atoms. The topological polar surface area (TPSA) is 114 Å². The summed E-state index contributed by atoms with van der Waals surface area (Å²) in [5.74, 6) is -0.119. The van der Waals surface area contributed by atoms with Crippen LogP contribution in [0.2, 0.25) is 0 Å². The molecule has 172 valence electrons. The number of halogens is 3. The van der Waals surface area contributed by atoms with E-state index in [1.165, 1.54) is 19.2 Å². The van der Waals surface area contributed by atoms with E-state index in [9.17, 15) is 18.0 Å². The number of carbonyl (C=O) groups excluding carboxylic acids is 1. The maximum absolute atomic E-state index is 12.4. The molecule has 1 saturated carbocycles. The van der Waals surface area contributed by atoms with Gasteiger partial charge in [-0.2, -0.15) is 13.2 Å². The minimum Gasteiger partial charge on any atom is -0.481 e. The van der Waals surface area contributed by atoms with Crippen molar-refractivity contribution in [1.29, 1.82) is 0 Å². The largest absolute Gasteiger partial charge is 0.490 e. The van der Waals surface area contributed by atoms with Gasteiger partial charge in [0.1, 0.15) is 12.1 Å².